The molecule has 0 bridgehead atoms. The van der Waals surface area contributed by atoms with Gasteiger partial charge in [0.15, 0.2) is 11.5 Å². The summed E-state index contributed by atoms with van der Waals surface area (Å²) >= 11 is 1.48. The van der Waals surface area contributed by atoms with Gasteiger partial charge in [0.1, 0.15) is 10.7 Å². The fourth-order valence-electron chi connectivity index (χ4n) is 4.04. The van der Waals surface area contributed by atoms with Crippen LogP contribution in [0.15, 0.2) is 72.2 Å². The number of aromatic nitrogens is 2. The zero-order chi connectivity index (χ0) is 23.8. The number of nitrogens with zero attached hydrogens (tertiary/aromatic N) is 2. The van der Waals surface area contributed by atoms with Gasteiger partial charge in [0.2, 0.25) is 5.78 Å². The number of nitrogens with two attached hydrogens (primary N) is 1. The molecule has 7 heteroatoms. The maximum Gasteiger partial charge on any atom is 0.211 e. The number of anilines is 1. The van der Waals surface area contributed by atoms with Crippen molar-refractivity contribution in [2.75, 3.05) is 20.0 Å². The average Bonchev–Trinajstić information content (AvgIpc) is 3.45. The Morgan fingerprint density at radius 3 is 2.50 bits per heavy atom. The Morgan fingerprint density at radius 2 is 1.76 bits per heavy atom. The third-order valence-corrected chi connectivity index (χ3v) is 6.67. The molecule has 5 rings (SSSR count). The van der Waals surface area contributed by atoms with E-state index in [1.165, 1.54) is 11.3 Å². The van der Waals surface area contributed by atoms with E-state index in [-0.39, 0.29) is 5.78 Å². The normalized spacial score (nSPS) is 11.0. The number of benzene rings is 2. The molecule has 0 atom stereocenters. The number of pyridine rings is 1. The topological polar surface area (TPSA) is 78.9 Å². The molecular formula is C27H23N3O3S. The molecule has 0 aliphatic heterocycles. The van der Waals surface area contributed by atoms with Crippen molar-refractivity contribution in [2.24, 2.45) is 0 Å². The third-order valence-electron chi connectivity index (χ3n) is 5.81. The number of nitrogen functional groups attached to an aromatic ring is 1. The van der Waals surface area contributed by atoms with Crippen molar-refractivity contribution in [1.82, 2.24) is 9.38 Å². The summed E-state index contributed by atoms with van der Waals surface area (Å²) in [7, 11) is 3.21. The average molecular weight is 470 g/mol. The minimum atomic E-state index is -0.123. The summed E-state index contributed by atoms with van der Waals surface area (Å²) in [5.41, 5.74) is 12.5. The van der Waals surface area contributed by atoms with E-state index in [4.69, 9.17) is 20.2 Å². The van der Waals surface area contributed by atoms with Gasteiger partial charge in [-0.15, -0.1) is 11.3 Å². The second-order valence-corrected chi connectivity index (χ2v) is 8.75. The van der Waals surface area contributed by atoms with Gasteiger partial charge < -0.3 is 19.6 Å². The van der Waals surface area contributed by atoms with E-state index in [0.717, 1.165) is 32.9 Å². The number of hydrogen-bond donors (Lipinski definition) is 1. The molecular weight excluding hydrogens is 446 g/mol. The van der Waals surface area contributed by atoms with Crippen LogP contribution in [0.2, 0.25) is 0 Å². The van der Waals surface area contributed by atoms with Gasteiger partial charge in [-0.3, -0.25) is 4.79 Å². The summed E-state index contributed by atoms with van der Waals surface area (Å²) < 4.78 is 12.6. The Labute approximate surface area is 201 Å². The highest BCUT2D eigenvalue weighted by Crippen LogP contribution is 2.40. The van der Waals surface area contributed by atoms with Gasteiger partial charge in [-0.2, -0.15) is 0 Å². The first-order valence-corrected chi connectivity index (χ1v) is 11.6. The van der Waals surface area contributed by atoms with Crippen LogP contribution < -0.4 is 15.2 Å². The second-order valence-electron chi connectivity index (χ2n) is 7.90. The quantitative estimate of drug-likeness (QED) is 0.315. The minimum Gasteiger partial charge on any atom is -0.493 e. The first-order valence-electron chi connectivity index (χ1n) is 10.7. The lowest BCUT2D eigenvalue weighted by molar-refractivity contribution is 0.103. The predicted molar refractivity (Wildman–Crippen MR) is 136 cm³/mol. The minimum absolute atomic E-state index is 0.123. The van der Waals surface area contributed by atoms with Crippen LogP contribution in [0.1, 0.15) is 21.6 Å². The Kier molecular flexibility index (Phi) is 5.55. The molecule has 6 nitrogen and oxygen atoms in total. The van der Waals surface area contributed by atoms with Gasteiger partial charge in [-0.1, -0.05) is 35.9 Å². The van der Waals surface area contributed by atoms with Crippen LogP contribution in [0.25, 0.3) is 27.3 Å². The molecule has 0 fully saturated rings. The standard InChI is InChI=1S/C27H23N3O3S/c1-16-7-9-17(10-8-16)26(31)25-24(28)23(20-6-4-5-13-30(20)25)27-29-19(15-34-27)18-11-12-21(32-2)22(14-18)33-3/h4-15H,28H2,1-3H3. The summed E-state index contributed by atoms with van der Waals surface area (Å²) in [6.07, 6.45) is 1.86. The zero-order valence-corrected chi connectivity index (χ0v) is 19.8. The first kappa shape index (κ1) is 21.7. The van der Waals surface area contributed by atoms with E-state index in [2.05, 4.69) is 0 Å². The van der Waals surface area contributed by atoms with Crippen molar-refractivity contribution in [2.45, 2.75) is 6.92 Å². The molecule has 0 unspecified atom stereocenters. The summed E-state index contributed by atoms with van der Waals surface area (Å²) in [5.74, 6) is 1.17. The van der Waals surface area contributed by atoms with Crippen LogP contribution in [0.5, 0.6) is 11.5 Å². The molecule has 3 aromatic heterocycles. The Bertz CT molecular complexity index is 1520. The van der Waals surface area contributed by atoms with Crippen LogP contribution in [0.4, 0.5) is 5.69 Å². The second kappa shape index (κ2) is 8.68. The number of carbonyl (C=O) groups is 1. The smallest absolute Gasteiger partial charge is 0.211 e. The Morgan fingerprint density at radius 1 is 1.00 bits per heavy atom. The number of rotatable bonds is 6. The van der Waals surface area contributed by atoms with Crippen molar-refractivity contribution in [3.8, 4) is 33.3 Å². The Hall–Kier alpha value is -4.10. The lowest BCUT2D eigenvalue weighted by atomic mass is 10.1. The first-order chi connectivity index (χ1) is 16.5. The molecule has 0 amide bonds. The number of thiazole rings is 1. The Balaban J connectivity index is 1.62. The van der Waals surface area contributed by atoms with E-state index >= 15 is 0 Å². The molecule has 0 radical (unpaired) electrons. The molecule has 0 aliphatic carbocycles. The van der Waals surface area contributed by atoms with Crippen molar-refractivity contribution < 1.29 is 14.3 Å². The van der Waals surface area contributed by atoms with Crippen molar-refractivity contribution >= 4 is 28.3 Å². The molecule has 0 aliphatic rings. The monoisotopic (exact) mass is 469 g/mol. The van der Waals surface area contributed by atoms with Crippen molar-refractivity contribution in [3.05, 3.63) is 89.1 Å². The van der Waals surface area contributed by atoms with E-state index in [1.54, 1.807) is 14.2 Å². The molecule has 3 heterocycles. The van der Waals surface area contributed by atoms with Gasteiger partial charge in [0, 0.05) is 22.7 Å². The molecule has 34 heavy (non-hydrogen) atoms. The third kappa shape index (κ3) is 3.60. The lowest BCUT2D eigenvalue weighted by Crippen LogP contribution is -2.08. The number of methoxy groups -OCH3 is 2. The van der Waals surface area contributed by atoms with Crippen LogP contribution in [-0.4, -0.2) is 29.4 Å². The van der Waals surface area contributed by atoms with Crippen LogP contribution in [0.3, 0.4) is 0 Å². The number of aryl methyl sites for hydroxylation is 1. The molecule has 2 N–H and O–H groups in total. The molecule has 170 valence electrons. The van der Waals surface area contributed by atoms with Crippen molar-refractivity contribution in [1.29, 1.82) is 0 Å². The number of hydrogen-bond acceptors (Lipinski definition) is 6. The highest BCUT2D eigenvalue weighted by atomic mass is 32.1. The summed E-state index contributed by atoms with van der Waals surface area (Å²) in [6, 6.07) is 19.0. The summed E-state index contributed by atoms with van der Waals surface area (Å²) in [4.78, 5) is 18.3. The van der Waals surface area contributed by atoms with E-state index < -0.39 is 0 Å². The summed E-state index contributed by atoms with van der Waals surface area (Å²) in [6.45, 7) is 1.99. The molecule has 2 aromatic carbocycles. The molecule has 5 aromatic rings. The number of fused-ring (bicyclic) bond motifs is 1. The maximum absolute atomic E-state index is 13.5. The lowest BCUT2D eigenvalue weighted by Gasteiger charge is -2.08. The number of ether oxygens (including phenoxy) is 2. The van der Waals surface area contributed by atoms with E-state index in [1.807, 2.05) is 83.6 Å². The molecule has 0 spiro atoms. The van der Waals surface area contributed by atoms with Crippen LogP contribution >= 0.6 is 11.3 Å². The van der Waals surface area contributed by atoms with Gasteiger partial charge in [0.25, 0.3) is 0 Å². The number of carbonyl (C=O) groups excluding carboxylic acids is 1. The van der Waals surface area contributed by atoms with E-state index in [9.17, 15) is 4.79 Å². The SMILES string of the molecule is COc1ccc(-c2csc(-c3c(N)c(C(=O)c4ccc(C)cc4)n4ccccc34)n2)cc1OC. The van der Waals surface area contributed by atoms with Gasteiger partial charge in [-0.25, -0.2) is 4.98 Å². The summed E-state index contributed by atoms with van der Waals surface area (Å²) in [5, 5.41) is 2.72. The van der Waals surface area contributed by atoms with E-state index in [0.29, 0.717) is 28.4 Å². The fraction of sp³-hybridized carbons (Fsp3) is 0.111. The zero-order valence-electron chi connectivity index (χ0n) is 19.0. The number of ketones is 1. The molecule has 0 saturated heterocycles. The predicted octanol–water partition coefficient (Wildman–Crippen LogP) is 5.87. The van der Waals surface area contributed by atoms with Crippen LogP contribution in [0, 0.1) is 6.92 Å². The maximum atomic E-state index is 13.5. The highest BCUT2D eigenvalue weighted by Gasteiger charge is 2.25. The fourth-order valence-corrected chi connectivity index (χ4v) is 4.94. The van der Waals surface area contributed by atoms with Crippen molar-refractivity contribution in [3.63, 3.8) is 0 Å². The van der Waals surface area contributed by atoms with Gasteiger partial charge >= 0.3 is 0 Å². The van der Waals surface area contributed by atoms with Crippen LogP contribution in [-0.2, 0) is 0 Å². The highest BCUT2D eigenvalue weighted by molar-refractivity contribution is 7.13. The molecule has 0 saturated carbocycles. The largest absolute Gasteiger partial charge is 0.493 e. The van der Waals surface area contributed by atoms with Gasteiger partial charge in [0.05, 0.1) is 36.7 Å². The van der Waals surface area contributed by atoms with Gasteiger partial charge in [-0.05, 0) is 37.3 Å².